The minimum absolute atomic E-state index is 0.344. The molecule has 2 unspecified atom stereocenters. The maximum Gasteiger partial charge on any atom is 0.323 e. The summed E-state index contributed by atoms with van der Waals surface area (Å²) in [7, 11) is 0. The first kappa shape index (κ1) is 14.5. The first-order valence-corrected chi connectivity index (χ1v) is 7.64. The highest BCUT2D eigenvalue weighted by atomic mass is 32.2. The van der Waals surface area contributed by atoms with Crippen molar-refractivity contribution in [2.45, 2.75) is 55.2 Å². The fourth-order valence-corrected chi connectivity index (χ4v) is 3.88. The zero-order valence-corrected chi connectivity index (χ0v) is 12.3. The SMILES string of the molecule is CCCNC1(C(=O)O)CCC(Sc2ccoc2C)C1. The highest BCUT2D eigenvalue weighted by Crippen LogP contribution is 2.41. The van der Waals surface area contributed by atoms with Crippen molar-refractivity contribution in [2.75, 3.05) is 6.54 Å². The first-order chi connectivity index (χ1) is 9.07. The Labute approximate surface area is 117 Å². The van der Waals surface area contributed by atoms with Crippen LogP contribution in [0.1, 0.15) is 38.4 Å². The van der Waals surface area contributed by atoms with Crippen molar-refractivity contribution in [3.8, 4) is 0 Å². The molecular weight excluding hydrogens is 262 g/mol. The molecule has 0 aliphatic heterocycles. The Kier molecular flexibility index (Phi) is 4.58. The van der Waals surface area contributed by atoms with Gasteiger partial charge in [0, 0.05) is 10.1 Å². The van der Waals surface area contributed by atoms with Crippen LogP contribution in [0.4, 0.5) is 0 Å². The second kappa shape index (κ2) is 6.01. The van der Waals surface area contributed by atoms with E-state index in [2.05, 4.69) is 12.2 Å². The monoisotopic (exact) mass is 283 g/mol. The number of aryl methyl sites for hydroxylation is 1. The first-order valence-electron chi connectivity index (χ1n) is 6.76. The smallest absolute Gasteiger partial charge is 0.323 e. The van der Waals surface area contributed by atoms with Gasteiger partial charge in [0.25, 0.3) is 0 Å². The molecule has 1 aliphatic carbocycles. The summed E-state index contributed by atoms with van der Waals surface area (Å²) in [5.41, 5.74) is -0.731. The van der Waals surface area contributed by atoms with Crippen molar-refractivity contribution in [3.63, 3.8) is 0 Å². The van der Waals surface area contributed by atoms with E-state index in [0.717, 1.165) is 30.0 Å². The molecule has 2 N–H and O–H groups in total. The molecule has 106 valence electrons. The Balaban J connectivity index is 2.00. The number of carbonyl (C=O) groups is 1. The largest absolute Gasteiger partial charge is 0.480 e. The normalized spacial score (nSPS) is 26.7. The van der Waals surface area contributed by atoms with Crippen molar-refractivity contribution in [1.29, 1.82) is 0 Å². The van der Waals surface area contributed by atoms with E-state index in [1.54, 1.807) is 18.0 Å². The van der Waals surface area contributed by atoms with E-state index >= 15 is 0 Å². The number of aliphatic carboxylic acids is 1. The van der Waals surface area contributed by atoms with Gasteiger partial charge in [-0.05, 0) is 45.2 Å². The van der Waals surface area contributed by atoms with Crippen LogP contribution < -0.4 is 5.32 Å². The fraction of sp³-hybridized carbons (Fsp3) is 0.643. The van der Waals surface area contributed by atoms with E-state index in [1.165, 1.54) is 0 Å². The molecule has 0 aromatic carbocycles. The number of thioether (sulfide) groups is 1. The minimum Gasteiger partial charge on any atom is -0.480 e. The Hall–Kier alpha value is -0.940. The number of rotatable bonds is 6. The average molecular weight is 283 g/mol. The van der Waals surface area contributed by atoms with Crippen LogP contribution in [0.5, 0.6) is 0 Å². The summed E-state index contributed by atoms with van der Waals surface area (Å²) in [6, 6.07) is 1.96. The van der Waals surface area contributed by atoms with Gasteiger partial charge in [-0.1, -0.05) is 6.92 Å². The molecule has 19 heavy (non-hydrogen) atoms. The third-order valence-corrected chi connectivity index (χ3v) is 5.11. The van der Waals surface area contributed by atoms with Crippen LogP contribution in [-0.2, 0) is 4.79 Å². The lowest BCUT2D eigenvalue weighted by molar-refractivity contribution is -0.144. The van der Waals surface area contributed by atoms with Gasteiger partial charge in [-0.2, -0.15) is 0 Å². The topological polar surface area (TPSA) is 62.5 Å². The Bertz CT molecular complexity index is 446. The fourth-order valence-electron chi connectivity index (χ4n) is 2.57. The van der Waals surface area contributed by atoms with Gasteiger partial charge in [0.05, 0.1) is 6.26 Å². The number of nitrogens with one attached hydrogen (secondary N) is 1. The second-order valence-corrected chi connectivity index (χ2v) is 6.48. The van der Waals surface area contributed by atoms with Gasteiger partial charge in [0.15, 0.2) is 0 Å². The number of hydrogen-bond acceptors (Lipinski definition) is 4. The third kappa shape index (κ3) is 3.15. The number of carboxylic acids is 1. The third-order valence-electron chi connectivity index (χ3n) is 3.70. The number of hydrogen-bond donors (Lipinski definition) is 2. The van der Waals surface area contributed by atoms with Crippen LogP contribution in [0.15, 0.2) is 21.6 Å². The lowest BCUT2D eigenvalue weighted by atomic mass is 9.98. The van der Waals surface area contributed by atoms with Crippen molar-refractivity contribution in [3.05, 3.63) is 18.1 Å². The van der Waals surface area contributed by atoms with Crippen LogP contribution in [0.2, 0.25) is 0 Å². The summed E-state index contributed by atoms with van der Waals surface area (Å²) in [6.45, 7) is 4.75. The van der Waals surface area contributed by atoms with Crippen LogP contribution >= 0.6 is 11.8 Å². The standard InChI is InChI=1S/C14H21NO3S/c1-3-7-15-14(13(16)17)6-4-11(9-14)19-12-5-8-18-10(12)2/h5,8,11,15H,3-4,6-7,9H2,1-2H3,(H,16,17). The molecule has 1 aromatic rings. The molecule has 1 aromatic heterocycles. The second-order valence-electron chi connectivity index (χ2n) is 5.14. The van der Waals surface area contributed by atoms with Gasteiger partial charge in [-0.15, -0.1) is 11.8 Å². The number of carboxylic acid groups (broad SMARTS) is 1. The summed E-state index contributed by atoms with van der Waals surface area (Å²) in [4.78, 5) is 12.7. The quantitative estimate of drug-likeness (QED) is 0.840. The van der Waals surface area contributed by atoms with Crippen molar-refractivity contribution >= 4 is 17.7 Å². The Morgan fingerprint density at radius 2 is 2.47 bits per heavy atom. The molecular formula is C14H21NO3S. The molecule has 1 fully saturated rings. The van der Waals surface area contributed by atoms with Gasteiger partial charge in [-0.3, -0.25) is 4.79 Å². The van der Waals surface area contributed by atoms with E-state index in [0.29, 0.717) is 18.1 Å². The van der Waals surface area contributed by atoms with E-state index in [4.69, 9.17) is 4.42 Å². The summed E-state index contributed by atoms with van der Waals surface area (Å²) in [5.74, 6) is 0.201. The molecule has 2 rings (SSSR count). The number of furan rings is 1. The summed E-state index contributed by atoms with van der Waals surface area (Å²) < 4.78 is 5.29. The highest BCUT2D eigenvalue weighted by molar-refractivity contribution is 8.00. The van der Waals surface area contributed by atoms with Gasteiger partial charge in [0.1, 0.15) is 11.3 Å². The lowest BCUT2D eigenvalue weighted by Crippen LogP contribution is -2.50. The average Bonchev–Trinajstić information content (AvgIpc) is 2.96. The van der Waals surface area contributed by atoms with Crippen LogP contribution in [0.25, 0.3) is 0 Å². The Morgan fingerprint density at radius 1 is 1.68 bits per heavy atom. The zero-order valence-electron chi connectivity index (χ0n) is 11.4. The molecule has 1 aliphatic rings. The summed E-state index contributed by atoms with van der Waals surface area (Å²) in [5, 5.41) is 13.1. The van der Waals surface area contributed by atoms with E-state index in [9.17, 15) is 9.90 Å². The van der Waals surface area contributed by atoms with Gasteiger partial charge >= 0.3 is 5.97 Å². The molecule has 0 radical (unpaired) electrons. The van der Waals surface area contributed by atoms with E-state index in [1.807, 2.05) is 13.0 Å². The Morgan fingerprint density at radius 3 is 3.05 bits per heavy atom. The summed E-state index contributed by atoms with van der Waals surface area (Å²) >= 11 is 1.74. The zero-order chi connectivity index (χ0) is 13.9. The molecule has 0 spiro atoms. The van der Waals surface area contributed by atoms with Gasteiger partial charge < -0.3 is 14.8 Å². The lowest BCUT2D eigenvalue weighted by Gasteiger charge is -2.25. The molecule has 0 amide bonds. The van der Waals surface area contributed by atoms with Crippen molar-refractivity contribution in [1.82, 2.24) is 5.32 Å². The summed E-state index contributed by atoms with van der Waals surface area (Å²) in [6.07, 6.45) is 4.95. The van der Waals surface area contributed by atoms with Crippen LogP contribution in [-0.4, -0.2) is 28.4 Å². The minimum atomic E-state index is -0.731. The van der Waals surface area contributed by atoms with Crippen LogP contribution in [0.3, 0.4) is 0 Å². The maximum absolute atomic E-state index is 11.6. The van der Waals surface area contributed by atoms with E-state index < -0.39 is 11.5 Å². The molecule has 1 heterocycles. The van der Waals surface area contributed by atoms with E-state index in [-0.39, 0.29) is 0 Å². The van der Waals surface area contributed by atoms with Gasteiger partial charge in [0.2, 0.25) is 0 Å². The molecule has 5 heteroatoms. The maximum atomic E-state index is 11.6. The van der Waals surface area contributed by atoms with Crippen LogP contribution in [0, 0.1) is 6.92 Å². The molecule has 0 bridgehead atoms. The molecule has 1 saturated carbocycles. The highest BCUT2D eigenvalue weighted by Gasteiger charge is 2.45. The predicted octanol–water partition coefficient (Wildman–Crippen LogP) is 3.06. The molecule has 4 nitrogen and oxygen atoms in total. The predicted molar refractivity (Wildman–Crippen MR) is 75.6 cm³/mol. The van der Waals surface area contributed by atoms with Crippen molar-refractivity contribution < 1.29 is 14.3 Å². The molecule has 0 saturated heterocycles. The van der Waals surface area contributed by atoms with Crippen molar-refractivity contribution in [2.24, 2.45) is 0 Å². The molecule has 2 atom stereocenters. The van der Waals surface area contributed by atoms with Gasteiger partial charge in [-0.25, -0.2) is 0 Å².